The summed E-state index contributed by atoms with van der Waals surface area (Å²) in [5, 5.41) is 3.23. The Bertz CT molecular complexity index is 289. The molecule has 3 nitrogen and oxygen atoms in total. The Morgan fingerprint density at radius 2 is 2.00 bits per heavy atom. The van der Waals surface area contributed by atoms with Crippen LogP contribution in [-0.2, 0) is 0 Å². The van der Waals surface area contributed by atoms with E-state index in [1.807, 2.05) is 13.2 Å². The van der Waals surface area contributed by atoms with Gasteiger partial charge in [0.1, 0.15) is 5.82 Å². The lowest BCUT2D eigenvalue weighted by Crippen LogP contribution is -2.22. The summed E-state index contributed by atoms with van der Waals surface area (Å²) in [6.07, 6.45) is 1.96. The van der Waals surface area contributed by atoms with Gasteiger partial charge in [-0.1, -0.05) is 27.7 Å². The molecule has 86 valence electrons. The van der Waals surface area contributed by atoms with Gasteiger partial charge in [0.25, 0.3) is 0 Å². The number of hydrogen-bond donors (Lipinski definition) is 2. The van der Waals surface area contributed by atoms with Crippen molar-refractivity contribution in [3.63, 3.8) is 0 Å². The summed E-state index contributed by atoms with van der Waals surface area (Å²) in [5.74, 6) is 2.71. The van der Waals surface area contributed by atoms with E-state index in [0.29, 0.717) is 17.8 Å². The average Bonchev–Trinajstić information content (AvgIpc) is 2.62. The van der Waals surface area contributed by atoms with E-state index >= 15 is 0 Å². The first-order chi connectivity index (χ1) is 7.06. The van der Waals surface area contributed by atoms with E-state index in [1.165, 1.54) is 5.69 Å². The monoisotopic (exact) mass is 209 g/mol. The summed E-state index contributed by atoms with van der Waals surface area (Å²) in [4.78, 5) is 7.91. The Morgan fingerprint density at radius 3 is 2.40 bits per heavy atom. The van der Waals surface area contributed by atoms with E-state index in [4.69, 9.17) is 0 Å². The molecule has 1 heterocycles. The molecule has 0 aliphatic rings. The van der Waals surface area contributed by atoms with Gasteiger partial charge in [-0.05, 0) is 18.9 Å². The summed E-state index contributed by atoms with van der Waals surface area (Å²) < 4.78 is 0. The maximum atomic E-state index is 4.48. The number of nitrogens with one attached hydrogen (secondary N) is 2. The van der Waals surface area contributed by atoms with Crippen LogP contribution in [0.4, 0.5) is 0 Å². The van der Waals surface area contributed by atoms with Gasteiger partial charge < -0.3 is 10.3 Å². The minimum atomic E-state index is 0.475. The summed E-state index contributed by atoms with van der Waals surface area (Å²) in [6.45, 7) is 9.81. The first-order valence-corrected chi connectivity index (χ1v) is 5.75. The van der Waals surface area contributed by atoms with Crippen molar-refractivity contribution in [3.05, 3.63) is 17.7 Å². The molecule has 15 heavy (non-hydrogen) atoms. The smallest absolute Gasteiger partial charge is 0.110 e. The van der Waals surface area contributed by atoms with E-state index in [0.717, 1.165) is 12.4 Å². The Labute approximate surface area is 92.7 Å². The Morgan fingerprint density at radius 1 is 1.33 bits per heavy atom. The maximum Gasteiger partial charge on any atom is 0.110 e. The molecule has 0 saturated heterocycles. The number of nitrogens with zero attached hydrogens (tertiary/aromatic N) is 1. The van der Waals surface area contributed by atoms with Crippen molar-refractivity contribution in [3.8, 4) is 0 Å². The molecule has 1 aromatic rings. The molecular formula is C12H23N3. The van der Waals surface area contributed by atoms with Crippen molar-refractivity contribution in [2.75, 3.05) is 13.6 Å². The SMILES string of the molecule is CNCC(c1ncc(C(C)C)[nH]1)C(C)C. The molecule has 0 fully saturated rings. The highest BCUT2D eigenvalue weighted by atomic mass is 14.9. The maximum absolute atomic E-state index is 4.48. The highest BCUT2D eigenvalue weighted by Crippen LogP contribution is 2.22. The summed E-state index contributed by atoms with van der Waals surface area (Å²) in [6, 6.07) is 0. The molecule has 0 aliphatic carbocycles. The molecule has 1 rings (SSSR count). The average molecular weight is 209 g/mol. The minimum Gasteiger partial charge on any atom is -0.345 e. The topological polar surface area (TPSA) is 40.7 Å². The molecule has 0 spiro atoms. The highest BCUT2D eigenvalue weighted by Gasteiger charge is 2.18. The lowest BCUT2D eigenvalue weighted by molar-refractivity contribution is 0.460. The van der Waals surface area contributed by atoms with Crippen molar-refractivity contribution in [1.82, 2.24) is 15.3 Å². The third-order valence-electron chi connectivity index (χ3n) is 2.82. The van der Waals surface area contributed by atoms with E-state index in [2.05, 4.69) is 43.0 Å². The first-order valence-electron chi connectivity index (χ1n) is 5.75. The predicted molar refractivity (Wildman–Crippen MR) is 64.2 cm³/mol. The van der Waals surface area contributed by atoms with Crippen LogP contribution in [0.5, 0.6) is 0 Å². The fourth-order valence-corrected chi connectivity index (χ4v) is 1.70. The third kappa shape index (κ3) is 3.06. The number of aromatic nitrogens is 2. The van der Waals surface area contributed by atoms with Gasteiger partial charge in [0.05, 0.1) is 0 Å². The van der Waals surface area contributed by atoms with Crippen molar-refractivity contribution in [1.29, 1.82) is 0 Å². The number of rotatable bonds is 5. The van der Waals surface area contributed by atoms with Crippen molar-refractivity contribution in [2.24, 2.45) is 5.92 Å². The minimum absolute atomic E-state index is 0.475. The molecule has 3 heteroatoms. The summed E-state index contributed by atoms with van der Waals surface area (Å²) in [7, 11) is 1.99. The molecule has 1 aromatic heterocycles. The van der Waals surface area contributed by atoms with Crippen LogP contribution < -0.4 is 5.32 Å². The van der Waals surface area contributed by atoms with Crippen molar-refractivity contribution in [2.45, 2.75) is 39.5 Å². The third-order valence-corrected chi connectivity index (χ3v) is 2.82. The zero-order chi connectivity index (χ0) is 11.4. The molecule has 2 N–H and O–H groups in total. The lowest BCUT2D eigenvalue weighted by atomic mass is 9.95. The Balaban J connectivity index is 2.81. The van der Waals surface area contributed by atoms with E-state index in [-0.39, 0.29) is 0 Å². The number of imidazole rings is 1. The highest BCUT2D eigenvalue weighted by molar-refractivity contribution is 5.09. The van der Waals surface area contributed by atoms with Crippen LogP contribution in [0.1, 0.15) is 51.0 Å². The summed E-state index contributed by atoms with van der Waals surface area (Å²) in [5.41, 5.74) is 1.23. The second-order valence-electron chi connectivity index (χ2n) is 4.79. The van der Waals surface area contributed by atoms with Gasteiger partial charge in [-0.2, -0.15) is 0 Å². The molecule has 1 atom stereocenters. The van der Waals surface area contributed by atoms with Crippen LogP contribution in [-0.4, -0.2) is 23.6 Å². The van der Waals surface area contributed by atoms with E-state index in [9.17, 15) is 0 Å². The fourth-order valence-electron chi connectivity index (χ4n) is 1.70. The molecule has 0 amide bonds. The Kier molecular flexibility index (Phi) is 4.33. The Hall–Kier alpha value is -0.830. The quantitative estimate of drug-likeness (QED) is 0.782. The number of hydrogen-bond acceptors (Lipinski definition) is 2. The van der Waals surface area contributed by atoms with Gasteiger partial charge in [-0.15, -0.1) is 0 Å². The van der Waals surface area contributed by atoms with Gasteiger partial charge in [-0.25, -0.2) is 4.98 Å². The predicted octanol–water partition coefficient (Wildman–Crippen LogP) is 2.49. The number of likely N-dealkylation sites (N-methyl/N-ethyl adjacent to an activating group) is 1. The van der Waals surface area contributed by atoms with Crippen LogP contribution in [0.3, 0.4) is 0 Å². The molecular weight excluding hydrogens is 186 g/mol. The lowest BCUT2D eigenvalue weighted by Gasteiger charge is -2.18. The molecule has 0 aromatic carbocycles. The van der Waals surface area contributed by atoms with Crippen LogP contribution in [0.25, 0.3) is 0 Å². The van der Waals surface area contributed by atoms with Gasteiger partial charge in [0.15, 0.2) is 0 Å². The summed E-state index contributed by atoms with van der Waals surface area (Å²) >= 11 is 0. The van der Waals surface area contributed by atoms with Crippen LogP contribution >= 0.6 is 0 Å². The first kappa shape index (κ1) is 12.2. The van der Waals surface area contributed by atoms with Gasteiger partial charge in [-0.3, -0.25) is 0 Å². The largest absolute Gasteiger partial charge is 0.345 e. The van der Waals surface area contributed by atoms with Crippen LogP contribution in [0, 0.1) is 5.92 Å². The van der Waals surface area contributed by atoms with Crippen LogP contribution in [0.2, 0.25) is 0 Å². The normalized spacial score (nSPS) is 13.8. The number of H-pyrrole nitrogens is 1. The van der Waals surface area contributed by atoms with Crippen molar-refractivity contribution < 1.29 is 0 Å². The molecule has 0 saturated carbocycles. The van der Waals surface area contributed by atoms with Crippen molar-refractivity contribution >= 4 is 0 Å². The van der Waals surface area contributed by atoms with Gasteiger partial charge >= 0.3 is 0 Å². The number of aromatic amines is 1. The second-order valence-corrected chi connectivity index (χ2v) is 4.79. The molecule has 0 aliphatic heterocycles. The van der Waals surface area contributed by atoms with E-state index < -0.39 is 0 Å². The molecule has 1 unspecified atom stereocenters. The zero-order valence-electron chi connectivity index (χ0n) is 10.5. The fraction of sp³-hybridized carbons (Fsp3) is 0.750. The van der Waals surface area contributed by atoms with Gasteiger partial charge in [0, 0.05) is 24.4 Å². The van der Waals surface area contributed by atoms with E-state index in [1.54, 1.807) is 0 Å². The molecule has 0 bridgehead atoms. The van der Waals surface area contributed by atoms with Gasteiger partial charge in [0.2, 0.25) is 0 Å². The standard InChI is InChI=1S/C12H23N3/c1-8(2)10(6-13-5)12-14-7-11(15-12)9(3)4/h7-10,13H,6H2,1-5H3,(H,14,15). The zero-order valence-corrected chi connectivity index (χ0v) is 10.5. The molecule has 0 radical (unpaired) electrons. The second kappa shape index (κ2) is 5.31. The van der Waals surface area contributed by atoms with Crippen LogP contribution in [0.15, 0.2) is 6.20 Å².